The molecule has 0 N–H and O–H groups in total. The number of nitrogens with zero attached hydrogens (tertiary/aromatic N) is 2. The molecule has 2 atom stereocenters. The Morgan fingerprint density at radius 1 is 1.32 bits per heavy atom. The maximum Gasteiger partial charge on any atom is 0.0705 e. The van der Waals surface area contributed by atoms with Crippen LogP contribution in [0.1, 0.15) is 24.8 Å². The van der Waals surface area contributed by atoms with Gasteiger partial charge in [-0.1, -0.05) is 30.4 Å². The first kappa shape index (κ1) is 11.2. The van der Waals surface area contributed by atoms with Gasteiger partial charge in [-0.05, 0) is 44.0 Å². The zero-order valence-corrected chi connectivity index (χ0v) is 11.2. The second-order valence-electron chi connectivity index (χ2n) is 5.78. The molecule has 0 saturated carbocycles. The van der Waals surface area contributed by atoms with Crippen molar-refractivity contribution in [3.05, 3.63) is 54.2 Å². The van der Waals surface area contributed by atoms with Crippen LogP contribution in [0, 0.1) is 0 Å². The highest BCUT2D eigenvalue weighted by Gasteiger charge is 2.45. The van der Waals surface area contributed by atoms with Crippen LogP contribution in [0.2, 0.25) is 0 Å². The van der Waals surface area contributed by atoms with Gasteiger partial charge >= 0.3 is 0 Å². The molecule has 2 aromatic rings. The van der Waals surface area contributed by atoms with Crippen LogP contribution < -0.4 is 0 Å². The first-order valence-corrected chi connectivity index (χ1v) is 7.05. The largest absolute Gasteiger partial charge is 0.290 e. The van der Waals surface area contributed by atoms with Gasteiger partial charge in [-0.3, -0.25) is 9.88 Å². The zero-order chi connectivity index (χ0) is 12.9. The SMILES string of the molecule is CN1C2CC=CC1(c1ccc3cccnc3c1)CC2. The lowest BCUT2D eigenvalue weighted by atomic mass is 9.86. The summed E-state index contributed by atoms with van der Waals surface area (Å²) in [5.74, 6) is 0. The number of rotatable bonds is 1. The third-order valence-corrected chi connectivity index (χ3v) is 4.94. The molecule has 4 rings (SSSR count). The molecule has 2 aliphatic rings. The quantitative estimate of drug-likeness (QED) is 0.720. The van der Waals surface area contributed by atoms with Gasteiger partial charge in [0, 0.05) is 17.6 Å². The lowest BCUT2D eigenvalue weighted by Crippen LogP contribution is -2.42. The van der Waals surface area contributed by atoms with Crippen molar-refractivity contribution in [3.8, 4) is 0 Å². The third-order valence-electron chi connectivity index (χ3n) is 4.94. The van der Waals surface area contributed by atoms with Crippen LogP contribution in [0.3, 0.4) is 0 Å². The molecular formula is C17H18N2. The van der Waals surface area contributed by atoms with Crippen molar-refractivity contribution in [3.63, 3.8) is 0 Å². The molecule has 1 aromatic heterocycles. The van der Waals surface area contributed by atoms with Crippen molar-refractivity contribution >= 4 is 10.9 Å². The van der Waals surface area contributed by atoms with E-state index in [2.05, 4.69) is 53.3 Å². The normalized spacial score (nSPS) is 30.1. The van der Waals surface area contributed by atoms with Crippen molar-refractivity contribution in [2.24, 2.45) is 0 Å². The van der Waals surface area contributed by atoms with E-state index in [1.807, 2.05) is 12.3 Å². The van der Waals surface area contributed by atoms with Crippen molar-refractivity contribution in [1.82, 2.24) is 9.88 Å². The van der Waals surface area contributed by atoms with Crippen molar-refractivity contribution in [1.29, 1.82) is 0 Å². The Bertz CT molecular complexity index is 661. The van der Waals surface area contributed by atoms with Crippen LogP contribution in [-0.4, -0.2) is 23.0 Å². The van der Waals surface area contributed by atoms with Crippen LogP contribution in [0.5, 0.6) is 0 Å². The summed E-state index contributed by atoms with van der Waals surface area (Å²) in [7, 11) is 2.27. The number of likely N-dealkylation sites (N-methyl/N-ethyl adjacent to an activating group) is 1. The summed E-state index contributed by atoms with van der Waals surface area (Å²) >= 11 is 0. The first-order chi connectivity index (χ1) is 9.29. The predicted octanol–water partition coefficient (Wildman–Crippen LogP) is 3.48. The lowest BCUT2D eigenvalue weighted by Gasteiger charge is -2.39. The summed E-state index contributed by atoms with van der Waals surface area (Å²) < 4.78 is 0. The Kier molecular flexibility index (Phi) is 2.30. The van der Waals surface area contributed by atoms with Gasteiger partial charge < -0.3 is 0 Å². The van der Waals surface area contributed by atoms with Gasteiger partial charge in [0.25, 0.3) is 0 Å². The van der Waals surface area contributed by atoms with Crippen LogP contribution >= 0.6 is 0 Å². The van der Waals surface area contributed by atoms with E-state index < -0.39 is 0 Å². The summed E-state index contributed by atoms with van der Waals surface area (Å²) in [5, 5.41) is 1.22. The van der Waals surface area contributed by atoms with Gasteiger partial charge in [0.1, 0.15) is 0 Å². The van der Waals surface area contributed by atoms with Gasteiger partial charge in [-0.15, -0.1) is 0 Å². The Hall–Kier alpha value is -1.67. The maximum atomic E-state index is 4.50. The summed E-state index contributed by atoms with van der Waals surface area (Å²) in [4.78, 5) is 7.05. The van der Waals surface area contributed by atoms with E-state index in [4.69, 9.17) is 0 Å². The number of hydrogen-bond donors (Lipinski definition) is 0. The fourth-order valence-electron chi connectivity index (χ4n) is 3.76. The Morgan fingerprint density at radius 3 is 3.21 bits per heavy atom. The Balaban J connectivity index is 1.90. The highest BCUT2D eigenvalue weighted by Crippen LogP contribution is 2.46. The molecule has 0 aliphatic carbocycles. The summed E-state index contributed by atoms with van der Waals surface area (Å²) in [5.41, 5.74) is 2.60. The number of pyridine rings is 1. The Morgan fingerprint density at radius 2 is 2.26 bits per heavy atom. The molecule has 19 heavy (non-hydrogen) atoms. The number of fused-ring (bicyclic) bond motifs is 3. The molecule has 2 aliphatic heterocycles. The van der Waals surface area contributed by atoms with E-state index in [1.165, 1.54) is 30.2 Å². The summed E-state index contributed by atoms with van der Waals surface area (Å²) in [6.45, 7) is 0. The molecule has 96 valence electrons. The minimum atomic E-state index is 0.106. The van der Waals surface area contributed by atoms with Crippen molar-refractivity contribution in [2.75, 3.05) is 7.05 Å². The van der Waals surface area contributed by atoms with Gasteiger partial charge in [0.15, 0.2) is 0 Å². The first-order valence-electron chi connectivity index (χ1n) is 7.05. The average molecular weight is 250 g/mol. The van der Waals surface area contributed by atoms with Crippen LogP contribution in [0.25, 0.3) is 10.9 Å². The van der Waals surface area contributed by atoms with E-state index >= 15 is 0 Å². The topological polar surface area (TPSA) is 16.1 Å². The predicted molar refractivity (Wildman–Crippen MR) is 78.0 cm³/mol. The highest BCUT2D eigenvalue weighted by atomic mass is 15.2. The molecule has 2 unspecified atom stereocenters. The smallest absolute Gasteiger partial charge is 0.0705 e. The van der Waals surface area contributed by atoms with Crippen molar-refractivity contribution in [2.45, 2.75) is 30.8 Å². The standard InChI is InChI=1S/C17H18N2/c1-19-15-5-2-9-17(19,10-8-15)14-7-6-13-4-3-11-18-16(13)12-14/h2-4,6-7,9,11-12,15H,5,8,10H2,1H3. The molecule has 0 radical (unpaired) electrons. The number of hydrogen-bond acceptors (Lipinski definition) is 2. The van der Waals surface area contributed by atoms with E-state index in [-0.39, 0.29) is 5.54 Å². The molecule has 2 nitrogen and oxygen atoms in total. The maximum absolute atomic E-state index is 4.50. The van der Waals surface area contributed by atoms with Gasteiger partial charge in [-0.2, -0.15) is 0 Å². The molecule has 0 spiro atoms. The highest BCUT2D eigenvalue weighted by molar-refractivity contribution is 5.79. The third kappa shape index (κ3) is 1.50. The monoisotopic (exact) mass is 250 g/mol. The fourth-order valence-corrected chi connectivity index (χ4v) is 3.76. The van der Waals surface area contributed by atoms with Gasteiger partial charge in [-0.25, -0.2) is 0 Å². The Labute approximate surface area is 113 Å². The van der Waals surface area contributed by atoms with E-state index in [0.717, 1.165) is 5.52 Å². The minimum Gasteiger partial charge on any atom is -0.290 e. The number of aromatic nitrogens is 1. The second kappa shape index (κ2) is 3.91. The summed E-state index contributed by atoms with van der Waals surface area (Å²) in [6, 6.07) is 11.6. The molecule has 0 amide bonds. The second-order valence-corrected chi connectivity index (χ2v) is 5.78. The average Bonchev–Trinajstić information content (AvgIpc) is 2.66. The van der Waals surface area contributed by atoms with Crippen LogP contribution in [0.15, 0.2) is 48.7 Å². The molecule has 2 heteroatoms. The van der Waals surface area contributed by atoms with E-state index in [1.54, 1.807) is 0 Å². The summed E-state index contributed by atoms with van der Waals surface area (Å²) in [6.07, 6.45) is 10.4. The molecule has 1 saturated heterocycles. The molecule has 2 bridgehead atoms. The minimum absolute atomic E-state index is 0.106. The van der Waals surface area contributed by atoms with Crippen LogP contribution in [0.4, 0.5) is 0 Å². The molecule has 1 fully saturated rings. The molecule has 3 heterocycles. The number of benzene rings is 1. The lowest BCUT2D eigenvalue weighted by molar-refractivity contribution is 0.168. The fraction of sp³-hybridized carbons (Fsp3) is 0.353. The molecule has 1 aromatic carbocycles. The zero-order valence-electron chi connectivity index (χ0n) is 11.2. The van der Waals surface area contributed by atoms with E-state index in [0.29, 0.717) is 6.04 Å². The van der Waals surface area contributed by atoms with E-state index in [9.17, 15) is 0 Å². The molecular weight excluding hydrogens is 232 g/mol. The van der Waals surface area contributed by atoms with Gasteiger partial charge in [0.2, 0.25) is 0 Å². The van der Waals surface area contributed by atoms with Crippen molar-refractivity contribution < 1.29 is 0 Å². The van der Waals surface area contributed by atoms with Crippen LogP contribution in [-0.2, 0) is 5.54 Å². The van der Waals surface area contributed by atoms with Gasteiger partial charge in [0.05, 0.1) is 11.1 Å².